The number of hydrazine groups is 1. The van der Waals surface area contributed by atoms with E-state index in [-0.39, 0.29) is 0 Å². The number of nitrogens with one attached hydrogen (secondary N) is 1. The van der Waals surface area contributed by atoms with E-state index in [0.717, 1.165) is 25.3 Å². The molecule has 18 heavy (non-hydrogen) atoms. The van der Waals surface area contributed by atoms with Crippen LogP contribution < -0.4 is 11.3 Å². The van der Waals surface area contributed by atoms with E-state index in [1.807, 2.05) is 6.20 Å². The van der Waals surface area contributed by atoms with Gasteiger partial charge in [0.05, 0.1) is 0 Å². The van der Waals surface area contributed by atoms with Crippen molar-refractivity contribution in [1.29, 1.82) is 0 Å². The molecule has 1 saturated carbocycles. The summed E-state index contributed by atoms with van der Waals surface area (Å²) in [6, 6.07) is 0.368. The van der Waals surface area contributed by atoms with E-state index in [4.69, 9.17) is 5.84 Å². The van der Waals surface area contributed by atoms with Gasteiger partial charge in [0.15, 0.2) is 0 Å². The predicted octanol–water partition coefficient (Wildman–Crippen LogP) is 2.10. The van der Waals surface area contributed by atoms with E-state index in [0.29, 0.717) is 12.0 Å². The van der Waals surface area contributed by atoms with E-state index >= 15 is 0 Å². The van der Waals surface area contributed by atoms with E-state index in [1.165, 1.54) is 25.1 Å². The Morgan fingerprint density at radius 1 is 1.56 bits per heavy atom. The van der Waals surface area contributed by atoms with Gasteiger partial charge in [0, 0.05) is 31.4 Å². The molecule has 3 atom stereocenters. The van der Waals surface area contributed by atoms with Crippen molar-refractivity contribution in [2.45, 2.75) is 58.5 Å². The molecule has 3 N–H and O–H groups in total. The molecular weight excluding hydrogens is 224 g/mol. The lowest BCUT2D eigenvalue weighted by atomic mass is 9.94. The van der Waals surface area contributed by atoms with Crippen LogP contribution in [0.15, 0.2) is 12.4 Å². The smallest absolute Gasteiger partial charge is 0.110 e. The molecule has 4 heteroatoms. The van der Waals surface area contributed by atoms with Crippen molar-refractivity contribution >= 4 is 0 Å². The van der Waals surface area contributed by atoms with Crippen molar-refractivity contribution in [3.63, 3.8) is 0 Å². The maximum Gasteiger partial charge on any atom is 0.110 e. The van der Waals surface area contributed by atoms with Crippen LogP contribution in [0.2, 0.25) is 0 Å². The van der Waals surface area contributed by atoms with E-state index in [1.54, 1.807) is 0 Å². The number of nitrogens with two attached hydrogens (primary N) is 1. The lowest BCUT2D eigenvalue weighted by Crippen LogP contribution is -2.42. The molecule has 3 unspecified atom stereocenters. The van der Waals surface area contributed by atoms with Crippen LogP contribution in [0.1, 0.15) is 45.4 Å². The van der Waals surface area contributed by atoms with Gasteiger partial charge in [-0.05, 0) is 31.1 Å². The third-order valence-electron chi connectivity index (χ3n) is 4.19. The van der Waals surface area contributed by atoms with Crippen LogP contribution in [-0.4, -0.2) is 15.6 Å². The molecule has 2 rings (SSSR count). The van der Waals surface area contributed by atoms with Gasteiger partial charge in [0.1, 0.15) is 5.82 Å². The van der Waals surface area contributed by atoms with Crippen LogP contribution in [0.3, 0.4) is 0 Å². The average Bonchev–Trinajstić information content (AvgIpc) is 2.96. The SMILES string of the molecule is CCCn1ccnc1CC(NN)C1CCC(C)C1. The number of rotatable bonds is 6. The first-order valence-electron chi connectivity index (χ1n) is 7.20. The molecule has 0 aromatic carbocycles. The third kappa shape index (κ3) is 3.12. The summed E-state index contributed by atoms with van der Waals surface area (Å²) >= 11 is 0. The fraction of sp³-hybridized carbons (Fsp3) is 0.786. The molecular formula is C14H26N4. The molecule has 1 aliphatic rings. The quantitative estimate of drug-likeness (QED) is 0.600. The van der Waals surface area contributed by atoms with Gasteiger partial charge in [-0.25, -0.2) is 4.98 Å². The van der Waals surface area contributed by atoms with E-state index in [2.05, 4.69) is 35.0 Å². The molecule has 0 saturated heterocycles. The molecule has 0 spiro atoms. The molecule has 0 radical (unpaired) electrons. The summed E-state index contributed by atoms with van der Waals surface area (Å²) < 4.78 is 2.25. The minimum Gasteiger partial charge on any atom is -0.335 e. The zero-order valence-corrected chi connectivity index (χ0v) is 11.6. The highest BCUT2D eigenvalue weighted by molar-refractivity contribution is 4.97. The lowest BCUT2D eigenvalue weighted by Gasteiger charge is -2.23. The number of hydrogen-bond acceptors (Lipinski definition) is 3. The molecule has 1 aromatic heterocycles. The molecule has 102 valence electrons. The summed E-state index contributed by atoms with van der Waals surface area (Å²) in [5.74, 6) is 8.47. The summed E-state index contributed by atoms with van der Waals surface area (Å²) in [5, 5.41) is 0. The summed E-state index contributed by atoms with van der Waals surface area (Å²) in [6.07, 6.45) is 9.99. The van der Waals surface area contributed by atoms with Gasteiger partial charge in [0.2, 0.25) is 0 Å². The minimum absolute atomic E-state index is 0.368. The lowest BCUT2D eigenvalue weighted by molar-refractivity contribution is 0.344. The first-order chi connectivity index (χ1) is 8.74. The first-order valence-corrected chi connectivity index (χ1v) is 7.20. The van der Waals surface area contributed by atoms with Gasteiger partial charge >= 0.3 is 0 Å². The van der Waals surface area contributed by atoms with Crippen LogP contribution >= 0.6 is 0 Å². The molecule has 1 aromatic rings. The Labute approximate surface area is 110 Å². The fourth-order valence-electron chi connectivity index (χ4n) is 3.15. The number of hydrogen-bond donors (Lipinski definition) is 2. The van der Waals surface area contributed by atoms with Crippen molar-refractivity contribution in [3.8, 4) is 0 Å². The van der Waals surface area contributed by atoms with Gasteiger partial charge in [-0.15, -0.1) is 0 Å². The number of aryl methyl sites for hydroxylation is 1. The fourth-order valence-corrected chi connectivity index (χ4v) is 3.15. The van der Waals surface area contributed by atoms with Gasteiger partial charge in [-0.3, -0.25) is 11.3 Å². The topological polar surface area (TPSA) is 55.9 Å². The van der Waals surface area contributed by atoms with E-state index in [9.17, 15) is 0 Å². The average molecular weight is 250 g/mol. The summed E-state index contributed by atoms with van der Waals surface area (Å²) in [6.45, 7) is 5.58. The van der Waals surface area contributed by atoms with Gasteiger partial charge in [-0.2, -0.15) is 0 Å². The summed E-state index contributed by atoms with van der Waals surface area (Å²) in [5.41, 5.74) is 3.02. The van der Waals surface area contributed by atoms with Crippen LogP contribution in [0.4, 0.5) is 0 Å². The van der Waals surface area contributed by atoms with Crippen LogP contribution in [0.5, 0.6) is 0 Å². The van der Waals surface area contributed by atoms with Gasteiger partial charge in [-0.1, -0.05) is 20.3 Å². The second-order valence-electron chi connectivity index (χ2n) is 5.69. The summed E-state index contributed by atoms with van der Waals surface area (Å²) in [7, 11) is 0. The predicted molar refractivity (Wildman–Crippen MR) is 73.8 cm³/mol. The van der Waals surface area contributed by atoms with Crippen molar-refractivity contribution in [2.24, 2.45) is 17.7 Å². The van der Waals surface area contributed by atoms with E-state index < -0.39 is 0 Å². The van der Waals surface area contributed by atoms with Gasteiger partial charge in [0.25, 0.3) is 0 Å². The zero-order valence-electron chi connectivity index (χ0n) is 11.6. The molecule has 0 bridgehead atoms. The largest absolute Gasteiger partial charge is 0.335 e. The normalized spacial score (nSPS) is 25.5. The molecule has 1 fully saturated rings. The second kappa shape index (κ2) is 6.34. The minimum atomic E-state index is 0.368. The first kappa shape index (κ1) is 13.6. The highest BCUT2D eigenvalue weighted by Crippen LogP contribution is 2.33. The van der Waals surface area contributed by atoms with Crippen molar-refractivity contribution in [2.75, 3.05) is 0 Å². The monoisotopic (exact) mass is 250 g/mol. The molecule has 4 nitrogen and oxygen atoms in total. The third-order valence-corrected chi connectivity index (χ3v) is 4.19. The van der Waals surface area contributed by atoms with Crippen molar-refractivity contribution in [1.82, 2.24) is 15.0 Å². The van der Waals surface area contributed by atoms with Crippen LogP contribution in [-0.2, 0) is 13.0 Å². The second-order valence-corrected chi connectivity index (χ2v) is 5.69. The van der Waals surface area contributed by atoms with Crippen LogP contribution in [0, 0.1) is 11.8 Å². The van der Waals surface area contributed by atoms with Crippen molar-refractivity contribution in [3.05, 3.63) is 18.2 Å². The molecule has 1 heterocycles. The Morgan fingerprint density at radius 3 is 3.00 bits per heavy atom. The number of nitrogens with zero attached hydrogens (tertiary/aromatic N) is 2. The number of imidazole rings is 1. The Balaban J connectivity index is 1.99. The maximum atomic E-state index is 5.75. The molecule has 0 amide bonds. The highest BCUT2D eigenvalue weighted by Gasteiger charge is 2.29. The van der Waals surface area contributed by atoms with Crippen molar-refractivity contribution < 1.29 is 0 Å². The summed E-state index contributed by atoms with van der Waals surface area (Å²) in [4.78, 5) is 4.48. The standard InChI is InChI=1S/C14H26N4/c1-3-7-18-8-6-16-14(18)10-13(17-15)12-5-4-11(2)9-12/h6,8,11-13,17H,3-5,7,9-10,15H2,1-2H3. The molecule has 0 aliphatic heterocycles. The Bertz CT molecular complexity index is 360. The highest BCUT2D eigenvalue weighted by atomic mass is 15.2. The van der Waals surface area contributed by atoms with Crippen LogP contribution in [0.25, 0.3) is 0 Å². The van der Waals surface area contributed by atoms with Gasteiger partial charge < -0.3 is 4.57 Å². The maximum absolute atomic E-state index is 5.75. The molecule has 1 aliphatic carbocycles. The Hall–Kier alpha value is -0.870. The Kier molecular flexibility index (Phi) is 4.78. The Morgan fingerprint density at radius 2 is 2.39 bits per heavy atom. The number of aromatic nitrogens is 2. The zero-order chi connectivity index (χ0) is 13.0.